The molecule has 0 spiro atoms. The molecule has 0 aromatic heterocycles. The molecule has 2 amide bonds. The van der Waals surface area contributed by atoms with Crippen LogP contribution in [0, 0.1) is 0 Å². The number of ether oxygens (including phenoxy) is 2. The van der Waals surface area contributed by atoms with Gasteiger partial charge in [-0.05, 0) is 62.1 Å². The van der Waals surface area contributed by atoms with Gasteiger partial charge in [-0.15, -0.1) is 0 Å². The molecule has 2 N–H and O–H groups in total. The van der Waals surface area contributed by atoms with Crippen LogP contribution < -0.4 is 20.1 Å². The van der Waals surface area contributed by atoms with E-state index in [4.69, 9.17) is 9.47 Å². The van der Waals surface area contributed by atoms with Crippen molar-refractivity contribution < 1.29 is 23.9 Å². The van der Waals surface area contributed by atoms with Gasteiger partial charge in [-0.2, -0.15) is 0 Å². The zero-order valence-corrected chi connectivity index (χ0v) is 18.9. The van der Waals surface area contributed by atoms with Crippen molar-refractivity contribution in [2.45, 2.75) is 32.7 Å². The summed E-state index contributed by atoms with van der Waals surface area (Å²) < 4.78 is 10.6. The molecule has 0 radical (unpaired) electrons. The van der Waals surface area contributed by atoms with E-state index >= 15 is 0 Å². The number of carbonyl (C=O) groups excluding carboxylic acids is 3. The van der Waals surface area contributed by atoms with Crippen LogP contribution in [0.25, 0.3) is 0 Å². The molecule has 170 valence electrons. The minimum Gasteiger partial charge on any atom is -0.493 e. The summed E-state index contributed by atoms with van der Waals surface area (Å²) in [5.41, 5.74) is 2.40. The van der Waals surface area contributed by atoms with Crippen molar-refractivity contribution in [3.8, 4) is 11.5 Å². The maximum absolute atomic E-state index is 12.9. The molecule has 7 heteroatoms. The van der Waals surface area contributed by atoms with Crippen LogP contribution in [0.1, 0.15) is 47.8 Å². The van der Waals surface area contributed by atoms with Crippen LogP contribution in [0.3, 0.4) is 0 Å². The van der Waals surface area contributed by atoms with Crippen molar-refractivity contribution in [1.82, 2.24) is 10.6 Å². The van der Waals surface area contributed by atoms with Gasteiger partial charge in [0, 0.05) is 18.2 Å². The van der Waals surface area contributed by atoms with Crippen molar-refractivity contribution >= 4 is 17.6 Å². The van der Waals surface area contributed by atoms with Crippen LogP contribution >= 0.6 is 0 Å². The largest absolute Gasteiger partial charge is 0.493 e. The highest BCUT2D eigenvalue weighted by Crippen LogP contribution is 2.30. The molecule has 0 fully saturated rings. The first kappa shape index (κ1) is 24.7. The average molecular weight is 439 g/mol. The van der Waals surface area contributed by atoms with E-state index in [1.807, 2.05) is 43.3 Å². The number of rotatable bonds is 11. The lowest BCUT2D eigenvalue weighted by Crippen LogP contribution is -2.28. The van der Waals surface area contributed by atoms with E-state index in [0.29, 0.717) is 36.4 Å². The zero-order chi connectivity index (χ0) is 23.5. The summed E-state index contributed by atoms with van der Waals surface area (Å²) in [7, 11) is 3.15. The minimum atomic E-state index is -0.310. The van der Waals surface area contributed by atoms with Crippen molar-refractivity contribution in [2.24, 2.45) is 0 Å². The van der Waals surface area contributed by atoms with E-state index < -0.39 is 0 Å². The van der Waals surface area contributed by atoms with Crippen LogP contribution in [0.4, 0.5) is 0 Å². The summed E-state index contributed by atoms with van der Waals surface area (Å²) in [6, 6.07) is 12.7. The fourth-order valence-corrected chi connectivity index (χ4v) is 3.18. The van der Waals surface area contributed by atoms with Crippen molar-refractivity contribution in [2.75, 3.05) is 20.8 Å². The Kier molecular flexibility index (Phi) is 9.47. The van der Waals surface area contributed by atoms with Crippen molar-refractivity contribution in [1.29, 1.82) is 0 Å². The van der Waals surface area contributed by atoms with E-state index in [-0.39, 0.29) is 23.6 Å². The number of amides is 2. The number of hydrogen-bond acceptors (Lipinski definition) is 5. The van der Waals surface area contributed by atoms with Crippen LogP contribution in [-0.2, 0) is 16.0 Å². The monoisotopic (exact) mass is 438 g/mol. The number of allylic oxidation sites excluding steroid dienone is 1. The maximum Gasteiger partial charge on any atom is 0.252 e. The lowest BCUT2D eigenvalue weighted by Gasteiger charge is -2.18. The summed E-state index contributed by atoms with van der Waals surface area (Å²) in [6.45, 7) is 3.74. The topological polar surface area (TPSA) is 93.7 Å². The predicted molar refractivity (Wildman–Crippen MR) is 123 cm³/mol. The van der Waals surface area contributed by atoms with Gasteiger partial charge in [-0.25, -0.2) is 0 Å². The van der Waals surface area contributed by atoms with Crippen molar-refractivity contribution in [3.63, 3.8) is 0 Å². The quantitative estimate of drug-likeness (QED) is 0.414. The van der Waals surface area contributed by atoms with Gasteiger partial charge in [0.15, 0.2) is 17.3 Å². The Bertz CT molecular complexity index is 984. The number of nitrogens with one attached hydrogen (secondary N) is 2. The Morgan fingerprint density at radius 2 is 1.72 bits per heavy atom. The molecule has 0 saturated heterocycles. The van der Waals surface area contributed by atoms with Crippen LogP contribution in [0.15, 0.2) is 54.6 Å². The first-order valence-electron chi connectivity index (χ1n) is 10.4. The fourth-order valence-electron chi connectivity index (χ4n) is 3.18. The number of aryl methyl sites for hydroxylation is 1. The van der Waals surface area contributed by atoms with E-state index in [1.165, 1.54) is 19.1 Å². The number of benzene rings is 2. The molecule has 2 aromatic carbocycles. The minimum absolute atomic E-state index is 0.170. The summed E-state index contributed by atoms with van der Waals surface area (Å²) >= 11 is 0. The molecule has 2 rings (SSSR count). The normalized spacial score (nSPS) is 11.6. The Morgan fingerprint density at radius 3 is 2.41 bits per heavy atom. The third kappa shape index (κ3) is 7.27. The second-order valence-corrected chi connectivity index (χ2v) is 7.31. The number of hydrogen-bond donors (Lipinski definition) is 2. The SMILES string of the molecule is COc1ccc([C@@H](C)NC(=O)c2ccccc2CCCNC(=O)/C=C\C(C)=O)cc1OC. The van der Waals surface area contributed by atoms with E-state index in [1.54, 1.807) is 20.3 Å². The highest BCUT2D eigenvalue weighted by Gasteiger charge is 2.16. The van der Waals surface area contributed by atoms with Crippen LogP contribution in [0.2, 0.25) is 0 Å². The van der Waals surface area contributed by atoms with Crippen LogP contribution in [-0.4, -0.2) is 38.4 Å². The van der Waals surface area contributed by atoms with E-state index in [0.717, 1.165) is 11.1 Å². The molecule has 0 saturated carbocycles. The summed E-state index contributed by atoms with van der Waals surface area (Å²) in [5, 5.41) is 5.76. The zero-order valence-electron chi connectivity index (χ0n) is 18.9. The third-order valence-electron chi connectivity index (χ3n) is 4.91. The van der Waals surface area contributed by atoms with Gasteiger partial charge in [0.2, 0.25) is 5.91 Å². The predicted octanol–water partition coefficient (Wildman–Crippen LogP) is 3.39. The lowest BCUT2D eigenvalue weighted by atomic mass is 10.0. The smallest absolute Gasteiger partial charge is 0.252 e. The molecule has 0 bridgehead atoms. The first-order valence-corrected chi connectivity index (χ1v) is 10.4. The van der Waals surface area contributed by atoms with Gasteiger partial charge >= 0.3 is 0 Å². The summed E-state index contributed by atoms with van der Waals surface area (Å²) in [6.07, 6.45) is 3.74. The number of methoxy groups -OCH3 is 2. The van der Waals surface area contributed by atoms with Crippen molar-refractivity contribution in [3.05, 3.63) is 71.3 Å². The molecule has 1 atom stereocenters. The van der Waals surface area contributed by atoms with Crippen LogP contribution in [0.5, 0.6) is 11.5 Å². The van der Waals surface area contributed by atoms with Gasteiger partial charge in [-0.3, -0.25) is 14.4 Å². The second-order valence-electron chi connectivity index (χ2n) is 7.31. The summed E-state index contributed by atoms with van der Waals surface area (Å²) in [5.74, 6) is 0.573. The molecular weight excluding hydrogens is 408 g/mol. The summed E-state index contributed by atoms with van der Waals surface area (Å²) in [4.78, 5) is 35.5. The van der Waals surface area contributed by atoms with Gasteiger partial charge in [0.1, 0.15) is 0 Å². The third-order valence-corrected chi connectivity index (χ3v) is 4.91. The number of ketones is 1. The Morgan fingerprint density at radius 1 is 1.00 bits per heavy atom. The molecule has 0 aliphatic rings. The Balaban J connectivity index is 1.98. The van der Waals surface area contributed by atoms with Gasteiger partial charge in [0.05, 0.1) is 20.3 Å². The highest BCUT2D eigenvalue weighted by atomic mass is 16.5. The van der Waals surface area contributed by atoms with E-state index in [2.05, 4.69) is 10.6 Å². The molecule has 0 unspecified atom stereocenters. The standard InChI is InChI=1S/C25H30N2O5/c1-17(28)11-14-24(29)26-15-7-9-19-8-5-6-10-21(19)25(30)27-18(2)20-12-13-22(31-3)23(16-20)32-4/h5-6,8,10-14,16,18H,7,9,15H2,1-4H3,(H,26,29)(H,27,30)/b14-11-/t18-/m1/s1. The molecule has 2 aromatic rings. The molecule has 0 aliphatic carbocycles. The Hall–Kier alpha value is -3.61. The van der Waals surface area contributed by atoms with Gasteiger partial charge in [0.25, 0.3) is 5.91 Å². The van der Waals surface area contributed by atoms with Gasteiger partial charge in [-0.1, -0.05) is 24.3 Å². The van der Waals surface area contributed by atoms with Gasteiger partial charge < -0.3 is 20.1 Å². The fraction of sp³-hybridized carbons (Fsp3) is 0.320. The average Bonchev–Trinajstić information content (AvgIpc) is 2.80. The number of carbonyl (C=O) groups is 3. The molecule has 0 heterocycles. The maximum atomic E-state index is 12.9. The molecular formula is C25H30N2O5. The molecule has 0 aliphatic heterocycles. The lowest BCUT2D eigenvalue weighted by molar-refractivity contribution is -0.117. The Labute approximate surface area is 188 Å². The molecule has 32 heavy (non-hydrogen) atoms. The van der Waals surface area contributed by atoms with E-state index in [9.17, 15) is 14.4 Å². The highest BCUT2D eigenvalue weighted by molar-refractivity contribution is 5.97. The second kappa shape index (κ2) is 12.3. The first-order chi connectivity index (χ1) is 15.3. The molecule has 7 nitrogen and oxygen atoms in total.